The highest BCUT2D eigenvalue weighted by Gasteiger charge is 2.34. The Hall–Kier alpha value is -3.50. The number of sulfonamides is 1. The van der Waals surface area contributed by atoms with E-state index in [0.717, 1.165) is 0 Å². The number of anilines is 1. The number of para-hydroxylation sites is 2. The lowest BCUT2D eigenvalue weighted by Gasteiger charge is -2.38. The molecule has 7 nitrogen and oxygen atoms in total. The molecule has 0 aliphatic carbocycles. The molecule has 0 bridgehead atoms. The van der Waals surface area contributed by atoms with Crippen LogP contribution in [0.3, 0.4) is 0 Å². The molecule has 1 saturated heterocycles. The minimum Gasteiger partial charge on any atom is -0.463 e. The van der Waals surface area contributed by atoms with Gasteiger partial charge in [0.1, 0.15) is 17.4 Å². The van der Waals surface area contributed by atoms with Crippen molar-refractivity contribution in [2.45, 2.75) is 11.0 Å². The molecule has 3 aromatic carbocycles. The largest absolute Gasteiger partial charge is 0.463 e. The summed E-state index contributed by atoms with van der Waals surface area (Å²) in [6.07, 6.45) is -0.230. The number of halogens is 1. The van der Waals surface area contributed by atoms with Crippen molar-refractivity contribution < 1.29 is 22.3 Å². The Labute approximate surface area is 200 Å². The fourth-order valence-corrected chi connectivity index (χ4v) is 5.74. The molecule has 34 heavy (non-hydrogen) atoms. The second-order valence-corrected chi connectivity index (χ2v) is 10.8. The maximum Gasteiger partial charge on any atom is 0.274 e. The minimum atomic E-state index is -3.75. The van der Waals surface area contributed by atoms with Crippen molar-refractivity contribution in [1.82, 2.24) is 9.88 Å². The summed E-state index contributed by atoms with van der Waals surface area (Å²) >= 11 is 1.26. The van der Waals surface area contributed by atoms with Crippen LogP contribution < -0.4 is 9.04 Å². The molecule has 1 aliphatic heterocycles. The lowest BCUT2D eigenvalue weighted by molar-refractivity contribution is 0.0178. The maximum atomic E-state index is 13.8. The zero-order valence-corrected chi connectivity index (χ0v) is 19.7. The second kappa shape index (κ2) is 8.69. The molecule has 174 valence electrons. The van der Waals surface area contributed by atoms with E-state index in [1.165, 1.54) is 53.0 Å². The van der Waals surface area contributed by atoms with Gasteiger partial charge in [-0.2, -0.15) is 4.98 Å². The van der Waals surface area contributed by atoms with Crippen molar-refractivity contribution in [2.75, 3.05) is 24.4 Å². The number of rotatable bonds is 6. The van der Waals surface area contributed by atoms with Gasteiger partial charge >= 0.3 is 0 Å². The normalized spacial score (nSPS) is 14.1. The van der Waals surface area contributed by atoms with Crippen LogP contribution in [-0.2, 0) is 10.0 Å². The lowest BCUT2D eigenvalue weighted by atomic mass is 10.1. The average molecular weight is 498 g/mol. The summed E-state index contributed by atoms with van der Waals surface area (Å²) in [5.74, 6) is -0.606. The lowest BCUT2D eigenvalue weighted by Crippen LogP contribution is -2.56. The first-order valence-corrected chi connectivity index (χ1v) is 12.7. The summed E-state index contributed by atoms with van der Waals surface area (Å²) in [5.41, 5.74) is 1.22. The second-order valence-electron chi connectivity index (χ2n) is 7.85. The van der Waals surface area contributed by atoms with E-state index in [9.17, 15) is 17.6 Å². The van der Waals surface area contributed by atoms with Gasteiger partial charge in [-0.05, 0) is 48.5 Å². The highest BCUT2D eigenvalue weighted by atomic mass is 32.2. The van der Waals surface area contributed by atoms with Crippen LogP contribution in [0.1, 0.15) is 10.4 Å². The summed E-state index contributed by atoms with van der Waals surface area (Å²) in [6.45, 7) is 0.738. The van der Waals surface area contributed by atoms with E-state index in [-0.39, 0.29) is 22.4 Å². The molecule has 0 radical (unpaired) electrons. The van der Waals surface area contributed by atoms with Crippen LogP contribution in [-0.4, -0.2) is 50.5 Å². The zero-order chi connectivity index (χ0) is 23.9. The van der Waals surface area contributed by atoms with Crippen molar-refractivity contribution in [3.63, 3.8) is 0 Å². The molecule has 5 rings (SSSR count). The van der Waals surface area contributed by atoms with Gasteiger partial charge in [0.15, 0.2) is 0 Å². The van der Waals surface area contributed by atoms with E-state index < -0.39 is 15.8 Å². The first-order valence-electron chi connectivity index (χ1n) is 10.5. The van der Waals surface area contributed by atoms with Crippen molar-refractivity contribution in [2.24, 2.45) is 0 Å². The Morgan fingerprint density at radius 1 is 1.06 bits per heavy atom. The topological polar surface area (TPSA) is 79.8 Å². The molecule has 4 aromatic rings. The number of amides is 1. The number of thiazole rings is 1. The minimum absolute atomic E-state index is 0.100. The van der Waals surface area contributed by atoms with E-state index in [2.05, 4.69) is 4.98 Å². The van der Waals surface area contributed by atoms with Gasteiger partial charge in [-0.15, -0.1) is 0 Å². The third-order valence-corrected chi connectivity index (χ3v) is 8.34. The zero-order valence-electron chi connectivity index (χ0n) is 18.1. The van der Waals surface area contributed by atoms with Crippen molar-refractivity contribution in [3.05, 3.63) is 84.2 Å². The molecule has 1 amide bonds. The number of benzene rings is 3. The molecule has 0 N–H and O–H groups in total. The number of nitrogens with zero attached hydrogens (tertiary/aromatic N) is 3. The molecule has 0 atom stereocenters. The average Bonchev–Trinajstić information content (AvgIpc) is 3.25. The van der Waals surface area contributed by atoms with Gasteiger partial charge in [0.2, 0.25) is 0 Å². The quantitative estimate of drug-likeness (QED) is 0.400. The molecule has 1 fully saturated rings. The van der Waals surface area contributed by atoms with E-state index in [1.54, 1.807) is 41.3 Å². The standard InChI is InChI=1S/C24H20FN3O4S2/c1-27(17-6-3-2-4-7-17)34(30,31)19-12-10-16(11-13-19)23(29)28-14-18(15-28)32-24-26-22-20(25)8-5-9-21(22)33-24/h2-13,18H,14-15H2,1H3. The van der Waals surface area contributed by atoms with E-state index in [1.807, 2.05) is 6.07 Å². The summed E-state index contributed by atoms with van der Waals surface area (Å²) in [7, 11) is -2.26. The van der Waals surface area contributed by atoms with Crippen LogP contribution >= 0.6 is 11.3 Å². The third-order valence-electron chi connectivity index (χ3n) is 5.63. The first-order chi connectivity index (χ1) is 16.3. The number of hydrogen-bond acceptors (Lipinski definition) is 6. The van der Waals surface area contributed by atoms with Gasteiger partial charge in [0.25, 0.3) is 21.1 Å². The van der Waals surface area contributed by atoms with Crippen molar-refractivity contribution in [3.8, 4) is 5.19 Å². The fourth-order valence-electron chi connectivity index (χ4n) is 3.65. The summed E-state index contributed by atoms with van der Waals surface area (Å²) < 4.78 is 47.3. The van der Waals surface area contributed by atoms with Crippen LogP contribution in [0.5, 0.6) is 5.19 Å². The Balaban J connectivity index is 1.21. The summed E-state index contributed by atoms with van der Waals surface area (Å²) in [4.78, 5) is 18.7. The summed E-state index contributed by atoms with van der Waals surface area (Å²) in [6, 6.07) is 19.4. The highest BCUT2D eigenvalue weighted by Crippen LogP contribution is 2.31. The monoisotopic (exact) mass is 497 g/mol. The van der Waals surface area contributed by atoms with Gasteiger partial charge in [0, 0.05) is 12.6 Å². The molecule has 0 saturated carbocycles. The highest BCUT2D eigenvalue weighted by molar-refractivity contribution is 7.92. The predicted molar refractivity (Wildman–Crippen MR) is 128 cm³/mol. The van der Waals surface area contributed by atoms with Gasteiger partial charge in [-0.1, -0.05) is 35.6 Å². The van der Waals surface area contributed by atoms with Crippen LogP contribution in [0.15, 0.2) is 77.7 Å². The molecule has 0 spiro atoms. The Bertz CT molecular complexity index is 1450. The first kappa shape index (κ1) is 22.3. The number of carbonyl (C=O) groups is 1. The Morgan fingerprint density at radius 2 is 1.76 bits per heavy atom. The van der Waals surface area contributed by atoms with E-state index >= 15 is 0 Å². The summed E-state index contributed by atoms with van der Waals surface area (Å²) in [5, 5.41) is 0.370. The van der Waals surface area contributed by atoms with Crippen LogP contribution in [0.4, 0.5) is 10.1 Å². The molecule has 1 aromatic heterocycles. The molecule has 2 heterocycles. The smallest absolute Gasteiger partial charge is 0.274 e. The van der Waals surface area contributed by atoms with Crippen molar-refractivity contribution >= 4 is 43.2 Å². The van der Waals surface area contributed by atoms with Gasteiger partial charge < -0.3 is 9.64 Å². The van der Waals surface area contributed by atoms with Crippen LogP contribution in [0, 0.1) is 5.82 Å². The SMILES string of the molecule is CN(c1ccccc1)S(=O)(=O)c1ccc(C(=O)N2CC(Oc3nc4c(F)cccc4s3)C2)cc1. The predicted octanol–water partition coefficient (Wildman–Crippen LogP) is 4.16. The molecular formula is C24H20FN3O4S2. The number of fused-ring (bicyclic) bond motifs is 1. The number of likely N-dealkylation sites (tertiary alicyclic amines) is 1. The fraction of sp³-hybridized carbons (Fsp3) is 0.167. The van der Waals surface area contributed by atoms with Gasteiger partial charge in [-0.25, -0.2) is 12.8 Å². The molecule has 10 heteroatoms. The van der Waals surface area contributed by atoms with Crippen LogP contribution in [0.25, 0.3) is 10.2 Å². The third kappa shape index (κ3) is 4.10. The number of hydrogen-bond donors (Lipinski definition) is 0. The maximum absolute atomic E-state index is 13.8. The van der Waals surface area contributed by atoms with Gasteiger partial charge in [0.05, 0.1) is 28.4 Å². The van der Waals surface area contributed by atoms with Crippen LogP contribution in [0.2, 0.25) is 0 Å². The Kier molecular flexibility index (Phi) is 5.70. The van der Waals surface area contributed by atoms with E-state index in [0.29, 0.717) is 34.2 Å². The van der Waals surface area contributed by atoms with Crippen molar-refractivity contribution in [1.29, 1.82) is 0 Å². The molecule has 1 aliphatic rings. The Morgan fingerprint density at radius 3 is 2.44 bits per heavy atom. The number of aromatic nitrogens is 1. The number of carbonyl (C=O) groups excluding carboxylic acids is 1. The van der Waals surface area contributed by atoms with Gasteiger partial charge in [-0.3, -0.25) is 9.10 Å². The van der Waals surface area contributed by atoms with E-state index in [4.69, 9.17) is 4.74 Å². The number of ether oxygens (including phenoxy) is 1. The molecular weight excluding hydrogens is 477 g/mol. The molecule has 0 unspecified atom stereocenters.